The lowest BCUT2D eigenvalue weighted by atomic mass is 9.84. The molecule has 1 atom stereocenters. The summed E-state index contributed by atoms with van der Waals surface area (Å²) in [5, 5.41) is 6.12. The Bertz CT molecular complexity index is 319. The van der Waals surface area contributed by atoms with Gasteiger partial charge in [-0.15, -0.1) is 11.3 Å². The fraction of sp³-hybridized carbons (Fsp3) is 0.714. The van der Waals surface area contributed by atoms with Crippen molar-refractivity contribution in [2.45, 2.75) is 50.5 Å². The zero-order valence-electron chi connectivity index (χ0n) is 9.87. The largest absolute Gasteiger partial charge is 0.311 e. The van der Waals surface area contributed by atoms with E-state index >= 15 is 0 Å². The van der Waals surface area contributed by atoms with Crippen LogP contribution in [0.25, 0.3) is 0 Å². The van der Waals surface area contributed by atoms with Crippen LogP contribution in [0.15, 0.2) is 17.5 Å². The number of hydrogen-bond donors (Lipinski definition) is 1. The summed E-state index contributed by atoms with van der Waals surface area (Å²) in [4.78, 5) is 1.57. The summed E-state index contributed by atoms with van der Waals surface area (Å²) in [5.41, 5.74) is 0.460. The minimum Gasteiger partial charge on any atom is -0.311 e. The summed E-state index contributed by atoms with van der Waals surface area (Å²) in [7, 11) is 0. The van der Waals surface area contributed by atoms with E-state index in [9.17, 15) is 0 Å². The van der Waals surface area contributed by atoms with Crippen LogP contribution >= 0.6 is 11.3 Å². The molecule has 2 aliphatic rings. The number of nitrogens with one attached hydrogen (secondary N) is 1. The smallest absolute Gasteiger partial charge is 0.0257 e. The summed E-state index contributed by atoms with van der Waals surface area (Å²) in [6.07, 6.45) is 9.81. The standard InChI is InChI=1S/C14H21NS/c1-2-8-14(12-6-7-12,15-9-3-1)11-13-5-4-10-16-13/h4-5,10,12,15H,1-3,6-9,11H2. The van der Waals surface area contributed by atoms with Gasteiger partial charge in [0.2, 0.25) is 0 Å². The van der Waals surface area contributed by atoms with Gasteiger partial charge in [0, 0.05) is 16.8 Å². The molecule has 1 nitrogen and oxygen atoms in total. The molecule has 2 heteroatoms. The van der Waals surface area contributed by atoms with E-state index in [1.54, 1.807) is 4.88 Å². The third-order valence-corrected chi connectivity index (χ3v) is 5.08. The maximum Gasteiger partial charge on any atom is 0.0257 e. The van der Waals surface area contributed by atoms with Gasteiger partial charge in [-0.05, 0) is 49.6 Å². The molecule has 3 rings (SSSR count). The summed E-state index contributed by atoms with van der Waals surface area (Å²) in [5.74, 6) is 0.965. The molecule has 2 fully saturated rings. The van der Waals surface area contributed by atoms with Crippen molar-refractivity contribution < 1.29 is 0 Å². The average molecular weight is 235 g/mol. The Hall–Kier alpha value is -0.340. The minimum absolute atomic E-state index is 0.460. The van der Waals surface area contributed by atoms with Crippen LogP contribution in [0.3, 0.4) is 0 Å². The van der Waals surface area contributed by atoms with Crippen LogP contribution in [0.5, 0.6) is 0 Å². The van der Waals surface area contributed by atoms with E-state index in [2.05, 4.69) is 22.8 Å². The van der Waals surface area contributed by atoms with Crippen LogP contribution in [0, 0.1) is 5.92 Å². The van der Waals surface area contributed by atoms with E-state index in [1.807, 2.05) is 11.3 Å². The Balaban J connectivity index is 1.78. The van der Waals surface area contributed by atoms with Gasteiger partial charge in [0.05, 0.1) is 0 Å². The molecule has 0 bridgehead atoms. The van der Waals surface area contributed by atoms with E-state index < -0.39 is 0 Å². The van der Waals surface area contributed by atoms with Crippen LogP contribution in [0.4, 0.5) is 0 Å². The first-order valence-electron chi connectivity index (χ1n) is 6.66. The second kappa shape index (κ2) is 4.50. The van der Waals surface area contributed by atoms with Crippen molar-refractivity contribution in [1.29, 1.82) is 0 Å². The lowest BCUT2D eigenvalue weighted by Gasteiger charge is -2.34. The molecule has 1 saturated heterocycles. The maximum absolute atomic E-state index is 3.90. The Morgan fingerprint density at radius 2 is 2.25 bits per heavy atom. The van der Waals surface area contributed by atoms with Gasteiger partial charge in [0.1, 0.15) is 0 Å². The van der Waals surface area contributed by atoms with E-state index in [0.717, 1.165) is 5.92 Å². The average Bonchev–Trinajstić information content (AvgIpc) is 3.05. The Kier molecular flexibility index (Phi) is 3.03. The van der Waals surface area contributed by atoms with Crippen LogP contribution < -0.4 is 5.32 Å². The summed E-state index contributed by atoms with van der Waals surface area (Å²) >= 11 is 1.93. The highest BCUT2D eigenvalue weighted by atomic mass is 32.1. The molecule has 1 unspecified atom stereocenters. The van der Waals surface area contributed by atoms with Gasteiger partial charge in [-0.25, -0.2) is 0 Å². The summed E-state index contributed by atoms with van der Waals surface area (Å²) in [6, 6.07) is 4.50. The number of thiophene rings is 1. The first kappa shape index (κ1) is 10.8. The predicted octanol–water partition coefficient (Wildman–Crippen LogP) is 3.60. The van der Waals surface area contributed by atoms with Crippen LogP contribution in [-0.4, -0.2) is 12.1 Å². The van der Waals surface area contributed by atoms with E-state index in [0.29, 0.717) is 5.54 Å². The van der Waals surface area contributed by atoms with E-state index in [-0.39, 0.29) is 0 Å². The maximum atomic E-state index is 3.90. The zero-order chi connectivity index (χ0) is 10.8. The molecular weight excluding hydrogens is 214 g/mol. The van der Waals surface area contributed by atoms with Gasteiger partial charge in [-0.1, -0.05) is 18.9 Å². The van der Waals surface area contributed by atoms with E-state index in [4.69, 9.17) is 0 Å². The lowest BCUT2D eigenvalue weighted by molar-refractivity contribution is 0.272. The SMILES string of the molecule is c1csc(CC2(C3CC3)CCCCCN2)c1. The molecule has 1 aromatic rings. The quantitative estimate of drug-likeness (QED) is 0.844. The van der Waals surface area contributed by atoms with Crippen molar-refractivity contribution in [3.63, 3.8) is 0 Å². The Morgan fingerprint density at radius 1 is 1.31 bits per heavy atom. The van der Waals surface area contributed by atoms with Gasteiger partial charge in [-0.3, -0.25) is 0 Å². The highest BCUT2D eigenvalue weighted by Crippen LogP contribution is 2.45. The molecule has 2 heterocycles. The lowest BCUT2D eigenvalue weighted by Crippen LogP contribution is -2.48. The third-order valence-electron chi connectivity index (χ3n) is 4.21. The van der Waals surface area contributed by atoms with Crippen molar-refractivity contribution in [1.82, 2.24) is 5.32 Å². The fourth-order valence-corrected chi connectivity index (χ4v) is 4.00. The predicted molar refractivity (Wildman–Crippen MR) is 69.9 cm³/mol. The van der Waals surface area contributed by atoms with Crippen molar-refractivity contribution in [3.05, 3.63) is 22.4 Å². The van der Waals surface area contributed by atoms with Crippen LogP contribution in [0.1, 0.15) is 43.4 Å². The second-order valence-electron chi connectivity index (χ2n) is 5.42. The molecule has 0 aromatic carbocycles. The second-order valence-corrected chi connectivity index (χ2v) is 6.46. The van der Waals surface area contributed by atoms with Gasteiger partial charge < -0.3 is 5.32 Å². The zero-order valence-corrected chi connectivity index (χ0v) is 10.7. The van der Waals surface area contributed by atoms with Crippen LogP contribution in [-0.2, 0) is 6.42 Å². The Morgan fingerprint density at radius 3 is 3.00 bits per heavy atom. The molecule has 88 valence electrons. The molecule has 1 aliphatic heterocycles. The molecule has 1 aliphatic carbocycles. The first-order valence-corrected chi connectivity index (χ1v) is 7.54. The molecule has 1 saturated carbocycles. The van der Waals surface area contributed by atoms with Crippen LogP contribution in [0.2, 0.25) is 0 Å². The molecular formula is C14H21NS. The van der Waals surface area contributed by atoms with E-state index in [1.165, 1.54) is 51.5 Å². The molecule has 1 aromatic heterocycles. The molecule has 16 heavy (non-hydrogen) atoms. The number of hydrogen-bond acceptors (Lipinski definition) is 2. The van der Waals surface area contributed by atoms with Gasteiger partial charge in [-0.2, -0.15) is 0 Å². The third kappa shape index (κ3) is 2.18. The molecule has 0 spiro atoms. The fourth-order valence-electron chi connectivity index (χ4n) is 3.17. The summed E-state index contributed by atoms with van der Waals surface area (Å²) in [6.45, 7) is 1.24. The number of rotatable bonds is 3. The van der Waals surface area contributed by atoms with Crippen molar-refractivity contribution in [3.8, 4) is 0 Å². The normalized spacial score (nSPS) is 31.2. The minimum atomic E-state index is 0.460. The monoisotopic (exact) mass is 235 g/mol. The van der Waals surface area contributed by atoms with Gasteiger partial charge in [0.25, 0.3) is 0 Å². The highest BCUT2D eigenvalue weighted by molar-refractivity contribution is 7.09. The van der Waals surface area contributed by atoms with Crippen molar-refractivity contribution in [2.24, 2.45) is 5.92 Å². The van der Waals surface area contributed by atoms with Gasteiger partial charge in [0.15, 0.2) is 0 Å². The highest BCUT2D eigenvalue weighted by Gasteiger charge is 2.44. The van der Waals surface area contributed by atoms with Gasteiger partial charge >= 0.3 is 0 Å². The first-order chi connectivity index (χ1) is 7.89. The summed E-state index contributed by atoms with van der Waals surface area (Å²) < 4.78 is 0. The topological polar surface area (TPSA) is 12.0 Å². The molecule has 0 amide bonds. The van der Waals surface area contributed by atoms with Crippen molar-refractivity contribution in [2.75, 3.05) is 6.54 Å². The Labute approximate surface area is 102 Å². The molecule has 0 radical (unpaired) electrons. The molecule has 1 N–H and O–H groups in total. The van der Waals surface area contributed by atoms with Crippen molar-refractivity contribution >= 4 is 11.3 Å².